The van der Waals surface area contributed by atoms with E-state index in [2.05, 4.69) is 27.9 Å². The van der Waals surface area contributed by atoms with Crippen LogP contribution in [0.25, 0.3) is 6.08 Å². The molecule has 0 radical (unpaired) electrons. The Morgan fingerprint density at radius 1 is 1.03 bits per heavy atom. The van der Waals surface area contributed by atoms with E-state index in [1.807, 2.05) is 69.3 Å². The van der Waals surface area contributed by atoms with Crippen molar-refractivity contribution in [2.24, 2.45) is 0 Å². The normalized spacial score (nSPS) is 10.9. The Morgan fingerprint density at radius 3 is 2.27 bits per heavy atom. The zero-order valence-electron chi connectivity index (χ0n) is 18.8. The van der Waals surface area contributed by atoms with Crippen molar-refractivity contribution in [2.45, 2.75) is 27.4 Å². The summed E-state index contributed by atoms with van der Waals surface area (Å²) in [6.45, 7) is 6.79. The lowest BCUT2D eigenvalue weighted by molar-refractivity contribution is -0.112. The minimum absolute atomic E-state index is 0.00199. The van der Waals surface area contributed by atoms with Gasteiger partial charge in [-0.25, -0.2) is 0 Å². The van der Waals surface area contributed by atoms with Crippen LogP contribution >= 0.6 is 22.6 Å². The molecule has 1 amide bonds. The summed E-state index contributed by atoms with van der Waals surface area (Å²) in [6, 6.07) is 21.2. The number of halogens is 1. The fourth-order valence-electron chi connectivity index (χ4n) is 3.06. The number of anilines is 1. The van der Waals surface area contributed by atoms with Crippen LogP contribution in [0.5, 0.6) is 11.5 Å². The van der Waals surface area contributed by atoms with Gasteiger partial charge in [0.2, 0.25) is 0 Å². The van der Waals surface area contributed by atoms with Crippen molar-refractivity contribution in [3.63, 3.8) is 0 Å². The summed E-state index contributed by atoms with van der Waals surface area (Å²) in [7, 11) is 0. The van der Waals surface area contributed by atoms with Gasteiger partial charge in [0.25, 0.3) is 5.91 Å². The zero-order chi connectivity index (χ0) is 23.8. The van der Waals surface area contributed by atoms with Crippen molar-refractivity contribution >= 4 is 40.3 Å². The van der Waals surface area contributed by atoms with Crippen LogP contribution in [-0.4, -0.2) is 12.5 Å². The standard InChI is InChI=1S/C27H25IN2O3/c1-4-32-25-15-21(13-22(16-29)27(31)30-23-11-7-19(3)8-12-23)14-24(28)26(25)33-17-20-9-5-18(2)6-10-20/h5-15H,4,17H2,1-3H3,(H,30,31)/b22-13-. The van der Waals surface area contributed by atoms with Crippen LogP contribution in [0.15, 0.2) is 66.2 Å². The van der Waals surface area contributed by atoms with Gasteiger partial charge in [-0.15, -0.1) is 0 Å². The van der Waals surface area contributed by atoms with Crippen LogP contribution in [0.2, 0.25) is 0 Å². The number of nitrogens with zero attached hydrogens (tertiary/aromatic N) is 1. The van der Waals surface area contributed by atoms with Gasteiger partial charge in [0.05, 0.1) is 10.2 Å². The molecule has 0 saturated heterocycles. The lowest BCUT2D eigenvalue weighted by Gasteiger charge is -2.15. The molecule has 0 unspecified atom stereocenters. The van der Waals surface area contributed by atoms with Gasteiger partial charge in [0.15, 0.2) is 11.5 Å². The Morgan fingerprint density at radius 2 is 1.67 bits per heavy atom. The maximum Gasteiger partial charge on any atom is 0.266 e. The Kier molecular flexibility index (Phi) is 8.50. The molecule has 0 bridgehead atoms. The summed E-state index contributed by atoms with van der Waals surface area (Å²) in [5.41, 5.74) is 4.66. The van der Waals surface area contributed by atoms with E-state index >= 15 is 0 Å². The third-order valence-electron chi connectivity index (χ3n) is 4.82. The van der Waals surface area contributed by atoms with Crippen molar-refractivity contribution in [1.29, 1.82) is 5.26 Å². The lowest BCUT2D eigenvalue weighted by atomic mass is 10.1. The van der Waals surface area contributed by atoms with Crippen molar-refractivity contribution in [3.8, 4) is 17.6 Å². The molecule has 0 heterocycles. The topological polar surface area (TPSA) is 71.3 Å². The highest BCUT2D eigenvalue weighted by Gasteiger charge is 2.15. The molecule has 6 heteroatoms. The number of benzene rings is 3. The van der Waals surface area contributed by atoms with Gasteiger partial charge in [-0.3, -0.25) is 4.79 Å². The summed E-state index contributed by atoms with van der Waals surface area (Å²) < 4.78 is 12.7. The first kappa shape index (κ1) is 24.3. The molecule has 0 fully saturated rings. The highest BCUT2D eigenvalue weighted by Crippen LogP contribution is 2.35. The van der Waals surface area contributed by atoms with Gasteiger partial charge < -0.3 is 14.8 Å². The highest BCUT2D eigenvalue weighted by atomic mass is 127. The molecule has 0 atom stereocenters. The first-order valence-corrected chi connectivity index (χ1v) is 11.6. The molecule has 3 aromatic carbocycles. The fourth-order valence-corrected chi connectivity index (χ4v) is 3.85. The molecule has 3 rings (SSSR count). The van der Waals surface area contributed by atoms with Crippen LogP contribution in [-0.2, 0) is 11.4 Å². The van der Waals surface area contributed by atoms with E-state index < -0.39 is 5.91 Å². The maximum absolute atomic E-state index is 12.6. The van der Waals surface area contributed by atoms with Crippen molar-refractivity contribution in [3.05, 3.63) is 92.1 Å². The number of ether oxygens (including phenoxy) is 2. The highest BCUT2D eigenvalue weighted by molar-refractivity contribution is 14.1. The van der Waals surface area contributed by atoms with Gasteiger partial charge in [0.1, 0.15) is 18.2 Å². The first-order chi connectivity index (χ1) is 15.9. The lowest BCUT2D eigenvalue weighted by Crippen LogP contribution is -2.13. The van der Waals surface area contributed by atoms with E-state index in [0.29, 0.717) is 36.0 Å². The fraction of sp³-hybridized carbons (Fsp3) is 0.185. The van der Waals surface area contributed by atoms with E-state index in [1.165, 1.54) is 5.56 Å². The average molecular weight is 552 g/mol. The summed E-state index contributed by atoms with van der Waals surface area (Å²) in [5.74, 6) is 0.741. The SMILES string of the molecule is CCOc1cc(/C=C(/C#N)C(=O)Nc2ccc(C)cc2)cc(I)c1OCc1ccc(C)cc1. The number of hydrogen-bond donors (Lipinski definition) is 1. The minimum atomic E-state index is -0.464. The number of aryl methyl sites for hydroxylation is 2. The number of carbonyl (C=O) groups is 1. The van der Waals surface area contributed by atoms with E-state index in [1.54, 1.807) is 24.3 Å². The van der Waals surface area contributed by atoms with Gasteiger partial charge in [-0.2, -0.15) is 5.26 Å². The molecule has 0 aliphatic rings. The molecular formula is C27H25IN2O3. The largest absolute Gasteiger partial charge is 0.490 e. The number of carbonyl (C=O) groups excluding carboxylic acids is 1. The Labute approximate surface area is 208 Å². The van der Waals surface area contributed by atoms with E-state index in [-0.39, 0.29) is 5.57 Å². The van der Waals surface area contributed by atoms with Crippen molar-refractivity contribution < 1.29 is 14.3 Å². The number of amides is 1. The Balaban J connectivity index is 1.83. The minimum Gasteiger partial charge on any atom is -0.490 e. The Hall–Kier alpha value is -3.31. The second-order valence-corrected chi connectivity index (χ2v) is 8.69. The number of hydrogen-bond acceptors (Lipinski definition) is 4. The molecule has 0 aromatic heterocycles. The van der Waals surface area contributed by atoms with Gasteiger partial charge in [-0.05, 0) is 84.8 Å². The predicted molar refractivity (Wildman–Crippen MR) is 139 cm³/mol. The second-order valence-electron chi connectivity index (χ2n) is 7.53. The van der Waals surface area contributed by atoms with E-state index in [0.717, 1.165) is 14.7 Å². The molecule has 0 saturated carbocycles. The van der Waals surface area contributed by atoms with Crippen molar-refractivity contribution in [1.82, 2.24) is 0 Å². The average Bonchev–Trinajstić information content (AvgIpc) is 2.79. The van der Waals surface area contributed by atoms with Crippen LogP contribution < -0.4 is 14.8 Å². The van der Waals surface area contributed by atoms with Gasteiger partial charge in [0, 0.05) is 5.69 Å². The van der Waals surface area contributed by atoms with Gasteiger partial charge in [-0.1, -0.05) is 47.5 Å². The summed E-state index contributed by atoms with van der Waals surface area (Å²) >= 11 is 2.18. The second kappa shape index (κ2) is 11.5. The third-order valence-corrected chi connectivity index (χ3v) is 5.62. The molecule has 0 aliphatic carbocycles. The monoisotopic (exact) mass is 552 g/mol. The van der Waals surface area contributed by atoms with Crippen LogP contribution in [0.1, 0.15) is 29.2 Å². The third kappa shape index (κ3) is 6.83. The van der Waals surface area contributed by atoms with E-state index in [4.69, 9.17) is 9.47 Å². The van der Waals surface area contributed by atoms with Crippen molar-refractivity contribution in [2.75, 3.05) is 11.9 Å². The molecule has 1 N–H and O–H groups in total. The predicted octanol–water partition coefficient (Wildman–Crippen LogP) is 6.43. The van der Waals surface area contributed by atoms with Crippen LogP contribution in [0, 0.1) is 28.7 Å². The molecular weight excluding hydrogens is 527 g/mol. The Bertz CT molecular complexity index is 1190. The maximum atomic E-state index is 12.6. The number of nitriles is 1. The molecule has 0 aliphatic heterocycles. The van der Waals surface area contributed by atoms with E-state index in [9.17, 15) is 10.1 Å². The van der Waals surface area contributed by atoms with Crippen LogP contribution in [0.3, 0.4) is 0 Å². The summed E-state index contributed by atoms with van der Waals surface area (Å²) in [5, 5.41) is 12.3. The first-order valence-electron chi connectivity index (χ1n) is 10.5. The van der Waals surface area contributed by atoms with Crippen LogP contribution in [0.4, 0.5) is 5.69 Å². The molecule has 3 aromatic rings. The quantitative estimate of drug-likeness (QED) is 0.199. The molecule has 168 valence electrons. The van der Waals surface area contributed by atoms with Gasteiger partial charge >= 0.3 is 0 Å². The zero-order valence-corrected chi connectivity index (χ0v) is 21.0. The molecule has 33 heavy (non-hydrogen) atoms. The number of nitrogens with one attached hydrogen (secondary N) is 1. The summed E-state index contributed by atoms with van der Waals surface area (Å²) in [4.78, 5) is 12.6. The molecule has 5 nitrogen and oxygen atoms in total. The molecule has 0 spiro atoms. The number of rotatable bonds is 8. The summed E-state index contributed by atoms with van der Waals surface area (Å²) in [6.07, 6.45) is 1.55. The smallest absolute Gasteiger partial charge is 0.266 e.